The van der Waals surface area contributed by atoms with Crippen molar-refractivity contribution in [1.29, 1.82) is 0 Å². The van der Waals surface area contributed by atoms with E-state index < -0.39 is 0 Å². The molecule has 0 saturated carbocycles. The monoisotopic (exact) mass is 512 g/mol. The molecule has 158 valence electrons. The van der Waals surface area contributed by atoms with Crippen LogP contribution in [0.2, 0.25) is 0 Å². The van der Waals surface area contributed by atoms with Gasteiger partial charge < -0.3 is 20.4 Å². The van der Waals surface area contributed by atoms with Crippen LogP contribution < -0.4 is 20.4 Å². The minimum atomic E-state index is -0.197. The van der Waals surface area contributed by atoms with E-state index in [-0.39, 0.29) is 29.8 Å². The Bertz CT molecular complexity index is 788. The zero-order chi connectivity index (χ0) is 19.9. The first kappa shape index (κ1) is 23.2. The summed E-state index contributed by atoms with van der Waals surface area (Å²) in [6, 6.07) is 11.2. The van der Waals surface area contributed by atoms with Gasteiger partial charge in [0.2, 0.25) is 0 Å². The molecule has 6 nitrogen and oxygen atoms in total. The summed E-state index contributed by atoms with van der Waals surface area (Å²) in [5.41, 5.74) is 2.23. The summed E-state index contributed by atoms with van der Waals surface area (Å²) in [5.74, 6) is 1.59. The molecule has 8 heteroatoms. The third-order valence-corrected chi connectivity index (χ3v) is 4.71. The molecule has 1 saturated heterocycles. The molecular formula is C21H30FIN6. The fourth-order valence-electron chi connectivity index (χ4n) is 3.24. The van der Waals surface area contributed by atoms with Crippen molar-refractivity contribution in [1.82, 2.24) is 15.6 Å². The van der Waals surface area contributed by atoms with Crippen LogP contribution in [0.5, 0.6) is 0 Å². The fourth-order valence-corrected chi connectivity index (χ4v) is 3.24. The molecule has 0 unspecified atom stereocenters. The van der Waals surface area contributed by atoms with Crippen LogP contribution in [0.15, 0.2) is 47.6 Å². The van der Waals surface area contributed by atoms with Gasteiger partial charge in [0.05, 0.1) is 0 Å². The Morgan fingerprint density at radius 1 is 1.10 bits per heavy atom. The molecule has 1 aromatic carbocycles. The molecule has 29 heavy (non-hydrogen) atoms. The molecule has 0 amide bonds. The lowest BCUT2D eigenvalue weighted by Gasteiger charge is -2.36. The number of rotatable bonds is 5. The van der Waals surface area contributed by atoms with Gasteiger partial charge in [-0.2, -0.15) is 0 Å². The maximum atomic E-state index is 13.1. The van der Waals surface area contributed by atoms with Crippen LogP contribution in [0.25, 0.3) is 0 Å². The van der Waals surface area contributed by atoms with Crippen molar-refractivity contribution in [3.63, 3.8) is 0 Å². The summed E-state index contributed by atoms with van der Waals surface area (Å²) < 4.78 is 13.1. The number of halogens is 2. The standard InChI is InChI=1S/C21H29FN6.HI/c1-16(2)26-21(23-3)25-15-17-8-9-24-20(14-17)28-12-10-27(11-13-28)19-6-4-18(22)5-7-19;/h4-9,14,16H,10-13,15H2,1-3H3,(H2,23,25,26);1H. The first-order valence-corrected chi connectivity index (χ1v) is 9.72. The third kappa shape index (κ3) is 6.73. The fraction of sp³-hybridized carbons (Fsp3) is 0.429. The molecule has 0 radical (unpaired) electrons. The summed E-state index contributed by atoms with van der Waals surface area (Å²) in [6.45, 7) is 8.42. The minimum absolute atomic E-state index is 0. The Morgan fingerprint density at radius 2 is 1.76 bits per heavy atom. The Morgan fingerprint density at radius 3 is 2.38 bits per heavy atom. The Labute approximate surface area is 189 Å². The maximum absolute atomic E-state index is 13.1. The van der Waals surface area contributed by atoms with E-state index in [9.17, 15) is 4.39 Å². The lowest BCUT2D eigenvalue weighted by molar-refractivity contribution is 0.624. The lowest BCUT2D eigenvalue weighted by atomic mass is 10.2. The molecule has 2 aromatic rings. The topological polar surface area (TPSA) is 55.8 Å². The largest absolute Gasteiger partial charge is 0.368 e. The number of anilines is 2. The van der Waals surface area contributed by atoms with Crippen molar-refractivity contribution in [2.24, 2.45) is 4.99 Å². The highest BCUT2D eigenvalue weighted by atomic mass is 127. The second kappa shape index (κ2) is 11.2. The molecular weight excluding hydrogens is 482 g/mol. The zero-order valence-corrected chi connectivity index (χ0v) is 19.6. The van der Waals surface area contributed by atoms with E-state index in [4.69, 9.17) is 0 Å². The second-order valence-electron chi connectivity index (χ2n) is 7.20. The molecule has 0 aliphatic carbocycles. The van der Waals surface area contributed by atoms with Gasteiger partial charge in [0, 0.05) is 57.7 Å². The molecule has 1 fully saturated rings. The molecule has 0 bridgehead atoms. The van der Waals surface area contributed by atoms with Crippen LogP contribution in [-0.4, -0.2) is 50.2 Å². The molecule has 1 aliphatic rings. The van der Waals surface area contributed by atoms with Crippen molar-refractivity contribution in [2.75, 3.05) is 43.0 Å². The number of piperazine rings is 1. The van der Waals surface area contributed by atoms with E-state index in [0.29, 0.717) is 12.6 Å². The first-order chi connectivity index (χ1) is 13.5. The number of aliphatic imine (C=N–C) groups is 1. The van der Waals surface area contributed by atoms with E-state index in [0.717, 1.165) is 49.2 Å². The Balaban J connectivity index is 0.00000300. The average Bonchev–Trinajstić information content (AvgIpc) is 2.72. The molecule has 2 N–H and O–H groups in total. The van der Waals surface area contributed by atoms with Gasteiger partial charge in [-0.25, -0.2) is 9.37 Å². The number of aromatic nitrogens is 1. The van der Waals surface area contributed by atoms with E-state index in [1.165, 1.54) is 12.1 Å². The lowest BCUT2D eigenvalue weighted by Crippen LogP contribution is -2.46. The molecule has 0 spiro atoms. The van der Waals surface area contributed by atoms with Crippen LogP contribution in [0.1, 0.15) is 19.4 Å². The molecule has 1 aliphatic heterocycles. The first-order valence-electron chi connectivity index (χ1n) is 9.72. The van der Waals surface area contributed by atoms with E-state index in [1.54, 1.807) is 7.05 Å². The highest BCUT2D eigenvalue weighted by molar-refractivity contribution is 14.0. The van der Waals surface area contributed by atoms with Crippen molar-refractivity contribution >= 4 is 41.4 Å². The number of pyridine rings is 1. The maximum Gasteiger partial charge on any atom is 0.191 e. The van der Waals surface area contributed by atoms with Crippen molar-refractivity contribution in [2.45, 2.75) is 26.4 Å². The Kier molecular flexibility index (Phi) is 8.94. The summed E-state index contributed by atoms with van der Waals surface area (Å²) in [5, 5.41) is 6.62. The molecule has 2 heterocycles. The van der Waals surface area contributed by atoms with Crippen LogP contribution in [0, 0.1) is 5.82 Å². The van der Waals surface area contributed by atoms with Gasteiger partial charge in [-0.15, -0.1) is 24.0 Å². The van der Waals surface area contributed by atoms with Gasteiger partial charge in [-0.05, 0) is 55.8 Å². The van der Waals surface area contributed by atoms with Gasteiger partial charge in [0.15, 0.2) is 5.96 Å². The smallest absolute Gasteiger partial charge is 0.191 e. The van der Waals surface area contributed by atoms with Gasteiger partial charge in [-0.3, -0.25) is 4.99 Å². The summed E-state index contributed by atoms with van der Waals surface area (Å²) in [7, 11) is 1.77. The summed E-state index contributed by atoms with van der Waals surface area (Å²) in [4.78, 5) is 13.4. The number of nitrogens with zero attached hydrogens (tertiary/aromatic N) is 4. The number of guanidine groups is 1. The molecule has 3 rings (SSSR count). The van der Waals surface area contributed by atoms with Crippen molar-refractivity contribution < 1.29 is 4.39 Å². The van der Waals surface area contributed by atoms with Crippen LogP contribution in [0.4, 0.5) is 15.9 Å². The predicted molar refractivity (Wildman–Crippen MR) is 129 cm³/mol. The normalized spacial score (nSPS) is 14.6. The van der Waals surface area contributed by atoms with E-state index >= 15 is 0 Å². The van der Waals surface area contributed by atoms with E-state index in [2.05, 4.69) is 50.3 Å². The summed E-state index contributed by atoms with van der Waals surface area (Å²) >= 11 is 0. The van der Waals surface area contributed by atoms with Gasteiger partial charge in [-0.1, -0.05) is 0 Å². The second-order valence-corrected chi connectivity index (χ2v) is 7.20. The summed E-state index contributed by atoms with van der Waals surface area (Å²) in [6.07, 6.45) is 1.86. The number of nitrogens with one attached hydrogen (secondary N) is 2. The number of benzene rings is 1. The van der Waals surface area contributed by atoms with Crippen molar-refractivity contribution in [3.05, 3.63) is 54.0 Å². The number of hydrogen-bond donors (Lipinski definition) is 2. The molecule has 0 atom stereocenters. The predicted octanol–water partition coefficient (Wildman–Crippen LogP) is 3.24. The zero-order valence-electron chi connectivity index (χ0n) is 17.2. The van der Waals surface area contributed by atoms with Crippen LogP contribution >= 0.6 is 24.0 Å². The highest BCUT2D eigenvalue weighted by Gasteiger charge is 2.18. The number of hydrogen-bond acceptors (Lipinski definition) is 4. The van der Waals surface area contributed by atoms with Gasteiger partial charge in [0.1, 0.15) is 11.6 Å². The molecule has 1 aromatic heterocycles. The Hall–Kier alpha value is -2.10. The van der Waals surface area contributed by atoms with Crippen LogP contribution in [-0.2, 0) is 6.54 Å². The third-order valence-electron chi connectivity index (χ3n) is 4.71. The van der Waals surface area contributed by atoms with E-state index in [1.807, 2.05) is 24.4 Å². The SMILES string of the molecule is CN=C(NCc1ccnc(N2CCN(c3ccc(F)cc3)CC2)c1)NC(C)C.I. The average molecular weight is 512 g/mol. The van der Waals surface area contributed by atoms with Gasteiger partial charge >= 0.3 is 0 Å². The minimum Gasteiger partial charge on any atom is -0.368 e. The highest BCUT2D eigenvalue weighted by Crippen LogP contribution is 2.20. The van der Waals surface area contributed by atoms with Gasteiger partial charge in [0.25, 0.3) is 0 Å². The van der Waals surface area contributed by atoms with Crippen LogP contribution in [0.3, 0.4) is 0 Å². The van der Waals surface area contributed by atoms with Crippen molar-refractivity contribution in [3.8, 4) is 0 Å². The quantitative estimate of drug-likeness (QED) is 0.366.